The number of nitrogens with zero attached hydrogens (tertiary/aromatic N) is 1. The van der Waals surface area contributed by atoms with E-state index in [0.29, 0.717) is 24.9 Å². The first-order valence-electron chi connectivity index (χ1n) is 9.80. The number of hydrogen-bond acceptors (Lipinski definition) is 3. The first-order valence-corrected chi connectivity index (χ1v) is 9.80. The minimum Gasteiger partial charge on any atom is -0.484 e. The third-order valence-corrected chi connectivity index (χ3v) is 5.35. The second-order valence-corrected chi connectivity index (χ2v) is 7.45. The van der Waals surface area contributed by atoms with Crippen LogP contribution in [-0.2, 0) is 10.3 Å². The molecule has 4 nitrogen and oxygen atoms in total. The van der Waals surface area contributed by atoms with Crippen molar-refractivity contribution in [1.82, 2.24) is 4.90 Å². The van der Waals surface area contributed by atoms with Crippen LogP contribution >= 0.6 is 0 Å². The van der Waals surface area contributed by atoms with Crippen LogP contribution in [-0.4, -0.2) is 30.3 Å². The Bertz CT molecular complexity index is 912. The molecule has 0 aromatic heterocycles. The largest absolute Gasteiger partial charge is 0.484 e. The molecule has 3 rings (SSSR count). The summed E-state index contributed by atoms with van der Waals surface area (Å²) in [4.78, 5) is 14.4. The molecule has 0 spiro atoms. The number of amides is 1. The van der Waals surface area contributed by atoms with Crippen molar-refractivity contribution in [2.24, 2.45) is 0 Å². The quantitative estimate of drug-likeness (QED) is 0.386. The fourth-order valence-electron chi connectivity index (χ4n) is 3.66. The SMILES string of the molecule is C=CCC1(c2ccc(F)cc2)CCN([C@@H](C)c2ccc(OCC(F)(F)F)cc2)C(=O)O1. The van der Waals surface area contributed by atoms with Crippen LogP contribution in [0.4, 0.5) is 22.4 Å². The summed E-state index contributed by atoms with van der Waals surface area (Å²) < 4.78 is 60.7. The van der Waals surface area contributed by atoms with Gasteiger partial charge in [0.15, 0.2) is 6.61 Å². The number of benzene rings is 2. The first kappa shape index (κ1) is 22.7. The fourth-order valence-corrected chi connectivity index (χ4v) is 3.66. The van der Waals surface area contributed by atoms with Gasteiger partial charge in [0, 0.05) is 19.4 Å². The second kappa shape index (κ2) is 8.99. The molecule has 1 fully saturated rings. The van der Waals surface area contributed by atoms with Gasteiger partial charge in [-0.2, -0.15) is 13.2 Å². The maximum Gasteiger partial charge on any atom is 0.422 e. The molecule has 1 aliphatic rings. The Kier molecular flexibility index (Phi) is 6.57. The van der Waals surface area contributed by atoms with Gasteiger partial charge in [0.2, 0.25) is 0 Å². The van der Waals surface area contributed by atoms with E-state index in [1.807, 2.05) is 6.92 Å². The predicted molar refractivity (Wildman–Crippen MR) is 107 cm³/mol. The van der Waals surface area contributed by atoms with E-state index in [2.05, 4.69) is 6.58 Å². The summed E-state index contributed by atoms with van der Waals surface area (Å²) in [6.45, 7) is 4.58. The summed E-state index contributed by atoms with van der Waals surface area (Å²) >= 11 is 0. The standard InChI is InChI=1S/C23H23F4NO3/c1-3-12-22(18-6-8-19(24)9-7-18)13-14-28(21(29)31-22)16(2)17-4-10-20(11-5-17)30-15-23(25,26)27/h3-11,16H,1,12-15H2,2H3/t16-,22?/m0/s1. The van der Waals surface area contributed by atoms with Crippen LogP contribution in [0, 0.1) is 5.82 Å². The van der Waals surface area contributed by atoms with Gasteiger partial charge < -0.3 is 14.4 Å². The van der Waals surface area contributed by atoms with Gasteiger partial charge in [0.1, 0.15) is 17.2 Å². The Hall–Kier alpha value is -3.03. The lowest BCUT2D eigenvalue weighted by molar-refractivity contribution is -0.153. The third-order valence-electron chi connectivity index (χ3n) is 5.35. The number of rotatable bonds is 7. The molecule has 1 saturated heterocycles. The van der Waals surface area contributed by atoms with E-state index in [9.17, 15) is 22.4 Å². The highest BCUT2D eigenvalue weighted by molar-refractivity contribution is 5.70. The molecule has 8 heteroatoms. The highest BCUT2D eigenvalue weighted by Gasteiger charge is 2.42. The van der Waals surface area contributed by atoms with Gasteiger partial charge in [0.05, 0.1) is 6.04 Å². The van der Waals surface area contributed by atoms with Crippen molar-refractivity contribution in [3.8, 4) is 5.75 Å². The molecule has 0 N–H and O–H groups in total. The van der Waals surface area contributed by atoms with E-state index in [0.717, 1.165) is 5.56 Å². The van der Waals surface area contributed by atoms with Gasteiger partial charge in [-0.15, -0.1) is 6.58 Å². The van der Waals surface area contributed by atoms with Crippen LogP contribution in [0.5, 0.6) is 5.75 Å². The average Bonchev–Trinajstić information content (AvgIpc) is 2.72. The van der Waals surface area contributed by atoms with Crippen molar-refractivity contribution >= 4 is 6.09 Å². The Balaban J connectivity index is 1.71. The first-order chi connectivity index (χ1) is 14.6. The van der Waals surface area contributed by atoms with Crippen LogP contribution < -0.4 is 4.74 Å². The Morgan fingerprint density at radius 3 is 2.39 bits per heavy atom. The van der Waals surface area contributed by atoms with Crippen molar-refractivity contribution in [3.05, 3.63) is 78.1 Å². The molecular weight excluding hydrogens is 414 g/mol. The van der Waals surface area contributed by atoms with Crippen molar-refractivity contribution in [2.45, 2.75) is 37.6 Å². The molecule has 0 saturated carbocycles. The van der Waals surface area contributed by atoms with Gasteiger partial charge in [-0.3, -0.25) is 0 Å². The molecule has 2 atom stereocenters. The number of halogens is 4. The van der Waals surface area contributed by atoms with E-state index in [4.69, 9.17) is 9.47 Å². The summed E-state index contributed by atoms with van der Waals surface area (Å²) in [5, 5.41) is 0. The topological polar surface area (TPSA) is 38.8 Å². The maximum atomic E-state index is 13.3. The zero-order chi connectivity index (χ0) is 22.6. The maximum absolute atomic E-state index is 13.3. The summed E-state index contributed by atoms with van der Waals surface area (Å²) in [6, 6.07) is 11.6. The molecule has 1 amide bonds. The minimum absolute atomic E-state index is 0.0933. The summed E-state index contributed by atoms with van der Waals surface area (Å²) in [5.74, 6) is -0.284. The minimum atomic E-state index is -4.41. The van der Waals surface area contributed by atoms with Crippen LogP contribution in [0.15, 0.2) is 61.2 Å². The molecule has 0 aliphatic carbocycles. The highest BCUT2D eigenvalue weighted by Crippen LogP contribution is 2.40. The summed E-state index contributed by atoms with van der Waals surface area (Å²) in [7, 11) is 0. The van der Waals surface area contributed by atoms with E-state index < -0.39 is 24.5 Å². The van der Waals surface area contributed by atoms with Crippen molar-refractivity contribution in [3.63, 3.8) is 0 Å². The molecule has 1 unspecified atom stereocenters. The molecule has 2 aromatic rings. The predicted octanol–water partition coefficient (Wildman–Crippen LogP) is 6.14. The second-order valence-electron chi connectivity index (χ2n) is 7.45. The Morgan fingerprint density at radius 1 is 1.19 bits per heavy atom. The highest BCUT2D eigenvalue weighted by atomic mass is 19.4. The molecule has 0 bridgehead atoms. The van der Waals surface area contributed by atoms with Gasteiger partial charge in [-0.1, -0.05) is 30.3 Å². The third kappa shape index (κ3) is 5.37. The number of ether oxygens (including phenoxy) is 2. The van der Waals surface area contributed by atoms with Crippen molar-refractivity contribution < 1.29 is 31.8 Å². The van der Waals surface area contributed by atoms with Crippen molar-refractivity contribution in [2.75, 3.05) is 13.2 Å². The Morgan fingerprint density at radius 2 is 1.84 bits per heavy atom. The number of carbonyl (C=O) groups excluding carboxylic acids is 1. The van der Waals surface area contributed by atoms with Gasteiger partial charge in [-0.05, 0) is 42.3 Å². The van der Waals surface area contributed by atoms with E-state index in [1.165, 1.54) is 24.3 Å². The zero-order valence-electron chi connectivity index (χ0n) is 17.0. The van der Waals surface area contributed by atoms with Gasteiger partial charge in [0.25, 0.3) is 0 Å². The lowest BCUT2D eigenvalue weighted by atomic mass is 9.85. The number of carbonyl (C=O) groups is 1. The molecule has 1 aliphatic heterocycles. The lowest BCUT2D eigenvalue weighted by Gasteiger charge is -2.43. The van der Waals surface area contributed by atoms with E-state index in [-0.39, 0.29) is 17.6 Å². The molecule has 166 valence electrons. The molecule has 1 heterocycles. The van der Waals surface area contributed by atoms with Crippen LogP contribution in [0.25, 0.3) is 0 Å². The van der Waals surface area contributed by atoms with Crippen LogP contribution in [0.1, 0.15) is 36.9 Å². The molecule has 0 radical (unpaired) electrons. The average molecular weight is 437 g/mol. The van der Waals surface area contributed by atoms with Crippen LogP contribution in [0.2, 0.25) is 0 Å². The van der Waals surface area contributed by atoms with E-state index >= 15 is 0 Å². The fraction of sp³-hybridized carbons (Fsp3) is 0.348. The zero-order valence-corrected chi connectivity index (χ0v) is 17.0. The van der Waals surface area contributed by atoms with Crippen LogP contribution in [0.3, 0.4) is 0 Å². The summed E-state index contributed by atoms with van der Waals surface area (Å²) in [5.41, 5.74) is 0.507. The smallest absolute Gasteiger partial charge is 0.422 e. The number of hydrogen-bond donors (Lipinski definition) is 0. The van der Waals surface area contributed by atoms with Gasteiger partial charge >= 0.3 is 12.3 Å². The molecular formula is C23H23F4NO3. The van der Waals surface area contributed by atoms with Crippen molar-refractivity contribution in [1.29, 1.82) is 0 Å². The number of alkyl halides is 3. The molecule has 31 heavy (non-hydrogen) atoms. The normalized spacial score (nSPS) is 20.2. The number of cyclic esters (lactones) is 1. The summed E-state index contributed by atoms with van der Waals surface area (Å²) in [6.07, 6.45) is -2.41. The van der Waals surface area contributed by atoms with Gasteiger partial charge in [-0.25, -0.2) is 9.18 Å². The van der Waals surface area contributed by atoms with E-state index in [1.54, 1.807) is 35.2 Å². The molecule has 2 aromatic carbocycles. The monoisotopic (exact) mass is 437 g/mol. The Labute approximate surface area is 178 Å². The lowest BCUT2D eigenvalue weighted by Crippen LogP contribution is -2.48.